The van der Waals surface area contributed by atoms with Crippen LogP contribution in [0, 0.1) is 33.5 Å². The summed E-state index contributed by atoms with van der Waals surface area (Å²) >= 11 is 0. The zero-order chi connectivity index (χ0) is 34.4. The highest BCUT2D eigenvalue weighted by molar-refractivity contribution is 6.01. The van der Waals surface area contributed by atoms with Gasteiger partial charge in [-0.1, -0.05) is 64.1 Å². The molecule has 0 saturated heterocycles. The Morgan fingerprint density at radius 1 is 0.688 bits per heavy atom. The molecule has 0 fully saturated rings. The third kappa shape index (κ3) is 5.91. The molecule has 0 bridgehead atoms. The summed E-state index contributed by atoms with van der Waals surface area (Å²) in [5.74, 6) is 0.283. The zero-order valence-corrected chi connectivity index (χ0v) is 27.5. The number of nitrogens with zero attached hydrogens (tertiary/aromatic N) is 2. The first-order valence-electron chi connectivity index (χ1n) is 16.0. The number of carbonyl (C=O) groups excluding carboxylic acids is 2. The van der Waals surface area contributed by atoms with Gasteiger partial charge in [-0.05, 0) is 23.0 Å². The lowest BCUT2D eigenvalue weighted by atomic mass is 9.70. The summed E-state index contributed by atoms with van der Waals surface area (Å²) < 4.78 is 24.1. The van der Waals surface area contributed by atoms with Crippen LogP contribution in [0.25, 0.3) is 0 Å². The SMILES string of the molecule is CC1(C)CC(=O)C2=C(C1)OC(N)=C(C#N)C2c1ccccc1OCCOc1ccccc1C1C(C#N)=C(N)OC2=C1C(=O)CC(C)(C)C2. The number of nitriles is 2. The van der Waals surface area contributed by atoms with Gasteiger partial charge in [0.05, 0.1) is 11.8 Å². The average molecular weight is 647 g/mol. The van der Waals surface area contributed by atoms with E-state index in [1.165, 1.54) is 0 Å². The summed E-state index contributed by atoms with van der Waals surface area (Å²) in [6.07, 6.45) is 1.68. The molecule has 10 nitrogen and oxygen atoms in total. The number of hydrogen-bond acceptors (Lipinski definition) is 10. The van der Waals surface area contributed by atoms with Gasteiger partial charge in [0, 0.05) is 48.0 Å². The first-order valence-corrected chi connectivity index (χ1v) is 16.0. The maximum absolute atomic E-state index is 13.5. The minimum atomic E-state index is -0.726. The minimum absolute atomic E-state index is 0.0145. The van der Waals surface area contributed by atoms with Crippen molar-refractivity contribution in [2.24, 2.45) is 22.3 Å². The van der Waals surface area contributed by atoms with Crippen molar-refractivity contribution < 1.29 is 28.5 Å². The molecule has 4 N–H and O–H groups in total. The predicted octanol–water partition coefficient (Wildman–Crippen LogP) is 6.05. The fraction of sp³-hybridized carbons (Fsp3) is 0.368. The number of carbonyl (C=O) groups is 2. The molecule has 2 aliphatic carbocycles. The monoisotopic (exact) mass is 646 g/mol. The Labute approximate surface area is 279 Å². The molecular weight excluding hydrogens is 608 g/mol. The smallest absolute Gasteiger partial charge is 0.205 e. The number of benzene rings is 2. The molecule has 2 aliphatic heterocycles. The number of nitrogens with two attached hydrogens (primary N) is 2. The highest BCUT2D eigenvalue weighted by Gasteiger charge is 2.45. The summed E-state index contributed by atoms with van der Waals surface area (Å²) in [7, 11) is 0. The van der Waals surface area contributed by atoms with Crippen LogP contribution in [0.4, 0.5) is 0 Å². The van der Waals surface area contributed by atoms with Crippen molar-refractivity contribution in [1.29, 1.82) is 10.5 Å². The highest BCUT2D eigenvalue weighted by Crippen LogP contribution is 2.51. The van der Waals surface area contributed by atoms with Gasteiger partial charge in [0.1, 0.15) is 59.5 Å². The number of Topliss-reactive ketones (excluding diaryl/α,β-unsaturated/α-hetero) is 2. The standard InChI is InChI=1S/C38H38N4O6/c1-37(2)15-25(43)33-29(17-37)47-35(41)23(19-39)31(33)21-9-5-7-11-27(21)45-13-14-46-28-12-8-6-10-22(28)32-24(20-40)36(42)48-30-18-38(3,4)16-26(44)34(30)32/h5-12,31-32H,13-18,41-42H2,1-4H3. The van der Waals surface area contributed by atoms with Gasteiger partial charge in [-0.2, -0.15) is 10.5 Å². The number of allylic oxidation sites excluding steroid dienone is 6. The number of para-hydroxylation sites is 2. The highest BCUT2D eigenvalue weighted by atomic mass is 16.5. The van der Waals surface area contributed by atoms with Crippen LogP contribution in [0.5, 0.6) is 11.5 Å². The molecule has 0 aromatic heterocycles. The van der Waals surface area contributed by atoms with Crippen LogP contribution in [0.2, 0.25) is 0 Å². The van der Waals surface area contributed by atoms with Gasteiger partial charge in [0.15, 0.2) is 11.6 Å². The summed E-state index contributed by atoms with van der Waals surface area (Å²) in [6.45, 7) is 8.22. The summed E-state index contributed by atoms with van der Waals surface area (Å²) in [5, 5.41) is 20.2. The van der Waals surface area contributed by atoms with E-state index in [1.807, 2.05) is 64.1 Å². The predicted molar refractivity (Wildman–Crippen MR) is 175 cm³/mol. The van der Waals surface area contributed by atoms with Crippen molar-refractivity contribution in [2.75, 3.05) is 13.2 Å². The molecule has 2 aromatic rings. The van der Waals surface area contributed by atoms with Crippen molar-refractivity contribution in [3.8, 4) is 23.6 Å². The molecular formula is C38H38N4O6. The van der Waals surface area contributed by atoms with Crippen LogP contribution in [0.15, 0.2) is 94.1 Å². The van der Waals surface area contributed by atoms with Crippen LogP contribution in [-0.2, 0) is 19.1 Å². The Balaban J connectivity index is 1.25. The largest absolute Gasteiger partial charge is 0.490 e. The average Bonchev–Trinajstić information content (AvgIpc) is 3.01. The number of hydrogen-bond donors (Lipinski definition) is 2. The fourth-order valence-electron chi connectivity index (χ4n) is 7.20. The van der Waals surface area contributed by atoms with E-state index < -0.39 is 11.8 Å². The van der Waals surface area contributed by atoms with Gasteiger partial charge >= 0.3 is 0 Å². The van der Waals surface area contributed by atoms with Crippen LogP contribution in [-0.4, -0.2) is 24.8 Å². The molecule has 0 radical (unpaired) electrons. The molecule has 10 heteroatoms. The molecule has 6 rings (SSSR count). The number of ketones is 2. The molecule has 0 amide bonds. The van der Waals surface area contributed by atoms with Crippen molar-refractivity contribution in [2.45, 2.75) is 65.2 Å². The van der Waals surface area contributed by atoms with Crippen LogP contribution < -0.4 is 20.9 Å². The number of rotatable bonds is 7. The molecule has 0 saturated carbocycles. The van der Waals surface area contributed by atoms with E-state index in [9.17, 15) is 20.1 Å². The summed E-state index contributed by atoms with van der Waals surface area (Å²) in [6, 6.07) is 18.8. The minimum Gasteiger partial charge on any atom is -0.490 e. The van der Waals surface area contributed by atoms with Gasteiger partial charge in [0.2, 0.25) is 11.8 Å². The second-order valence-electron chi connectivity index (χ2n) is 14.2. The Morgan fingerprint density at radius 2 is 1.06 bits per heavy atom. The van der Waals surface area contributed by atoms with E-state index in [0.717, 1.165) is 0 Å². The molecule has 2 heterocycles. The van der Waals surface area contributed by atoms with Crippen LogP contribution in [0.3, 0.4) is 0 Å². The van der Waals surface area contributed by atoms with Gasteiger partial charge in [-0.25, -0.2) is 0 Å². The van der Waals surface area contributed by atoms with Crippen LogP contribution >= 0.6 is 0 Å². The molecule has 48 heavy (non-hydrogen) atoms. The first kappa shape index (κ1) is 32.5. The van der Waals surface area contributed by atoms with E-state index in [2.05, 4.69) is 12.1 Å². The van der Waals surface area contributed by atoms with Gasteiger partial charge in [-0.3, -0.25) is 9.59 Å². The Morgan fingerprint density at radius 3 is 1.44 bits per heavy atom. The summed E-state index contributed by atoms with van der Waals surface area (Å²) in [5.41, 5.74) is 14.3. The van der Waals surface area contributed by atoms with Gasteiger partial charge in [0.25, 0.3) is 0 Å². The molecule has 2 aromatic carbocycles. The van der Waals surface area contributed by atoms with E-state index in [1.54, 1.807) is 12.1 Å². The maximum atomic E-state index is 13.5. The lowest BCUT2D eigenvalue weighted by Crippen LogP contribution is -2.33. The zero-order valence-electron chi connectivity index (χ0n) is 27.5. The van der Waals surface area contributed by atoms with E-state index in [4.69, 9.17) is 30.4 Å². The Bertz CT molecular complexity index is 1790. The van der Waals surface area contributed by atoms with E-state index in [-0.39, 0.29) is 58.5 Å². The normalized spacial score (nSPS) is 23.0. The van der Waals surface area contributed by atoms with Crippen molar-refractivity contribution >= 4 is 11.6 Å². The third-order valence-electron chi connectivity index (χ3n) is 9.21. The molecule has 4 aliphatic rings. The lowest BCUT2D eigenvalue weighted by Gasteiger charge is -2.37. The molecule has 2 atom stereocenters. The van der Waals surface area contributed by atoms with Crippen molar-refractivity contribution in [1.82, 2.24) is 0 Å². The second kappa shape index (κ2) is 12.3. The lowest BCUT2D eigenvalue weighted by molar-refractivity contribution is -0.119. The third-order valence-corrected chi connectivity index (χ3v) is 9.21. The molecule has 2 unspecified atom stereocenters. The van der Waals surface area contributed by atoms with Crippen molar-refractivity contribution in [3.63, 3.8) is 0 Å². The Kier molecular flexibility index (Phi) is 8.30. The van der Waals surface area contributed by atoms with Crippen LogP contribution in [0.1, 0.15) is 76.3 Å². The Hall–Kier alpha value is -5.48. The topological polar surface area (TPSA) is 171 Å². The van der Waals surface area contributed by atoms with Gasteiger partial charge in [-0.15, -0.1) is 0 Å². The second-order valence-corrected chi connectivity index (χ2v) is 14.2. The summed E-state index contributed by atoms with van der Waals surface area (Å²) in [4.78, 5) is 26.9. The first-order chi connectivity index (χ1) is 22.8. The van der Waals surface area contributed by atoms with Crippen molar-refractivity contribution in [3.05, 3.63) is 105 Å². The fourth-order valence-corrected chi connectivity index (χ4v) is 7.20. The van der Waals surface area contributed by atoms with Gasteiger partial charge < -0.3 is 30.4 Å². The molecule has 246 valence electrons. The maximum Gasteiger partial charge on any atom is 0.205 e. The van der Waals surface area contributed by atoms with E-state index in [0.29, 0.717) is 71.0 Å². The van der Waals surface area contributed by atoms with E-state index >= 15 is 0 Å². The number of ether oxygens (including phenoxy) is 4. The quantitative estimate of drug-likeness (QED) is 0.338. The molecule has 0 spiro atoms.